The summed E-state index contributed by atoms with van der Waals surface area (Å²) in [6, 6.07) is 13.7. The molecule has 1 aliphatic heterocycles. The second-order valence-corrected chi connectivity index (χ2v) is 6.79. The fourth-order valence-electron chi connectivity index (χ4n) is 2.71. The van der Waals surface area contributed by atoms with Crippen molar-refractivity contribution in [1.29, 1.82) is 0 Å². The number of aromatic nitrogens is 3. The summed E-state index contributed by atoms with van der Waals surface area (Å²) in [7, 11) is 1.60. The van der Waals surface area contributed by atoms with Crippen molar-refractivity contribution in [3.05, 3.63) is 59.9 Å². The average Bonchev–Trinajstić information content (AvgIpc) is 3.06. The van der Waals surface area contributed by atoms with E-state index in [2.05, 4.69) is 10.1 Å². The Hall–Kier alpha value is -2.67. The van der Waals surface area contributed by atoms with Crippen LogP contribution in [0.4, 0.5) is 4.39 Å². The second kappa shape index (κ2) is 6.33. The van der Waals surface area contributed by atoms with Crippen LogP contribution in [0, 0.1) is 5.82 Å². The molecule has 1 aromatic heterocycles. The lowest BCUT2D eigenvalue weighted by Gasteiger charge is -2.20. The topological polar surface area (TPSA) is 57.0 Å². The molecular formula is C18H14FN3O2S. The molecule has 5 nitrogen and oxygen atoms in total. The van der Waals surface area contributed by atoms with Gasteiger partial charge in [-0.05, 0) is 42.0 Å². The molecule has 126 valence electrons. The number of ether oxygens (including phenoxy) is 1. The van der Waals surface area contributed by atoms with Gasteiger partial charge in [-0.2, -0.15) is 4.68 Å². The molecule has 2 aromatic carbocycles. The third-order valence-electron chi connectivity index (χ3n) is 3.99. The number of halogens is 1. The summed E-state index contributed by atoms with van der Waals surface area (Å²) in [5.74, 6) is 0.773. The monoisotopic (exact) mass is 355 g/mol. The summed E-state index contributed by atoms with van der Waals surface area (Å²) in [5.41, 5.74) is 1.58. The van der Waals surface area contributed by atoms with Crippen LogP contribution in [0.2, 0.25) is 0 Å². The smallest absolute Gasteiger partial charge is 0.250 e. The van der Waals surface area contributed by atoms with Gasteiger partial charge in [-0.3, -0.25) is 4.79 Å². The number of hydrogen-bond acceptors (Lipinski definition) is 5. The van der Waals surface area contributed by atoms with E-state index in [1.54, 1.807) is 13.2 Å². The number of methoxy groups -OCH3 is 1. The molecule has 0 bridgehead atoms. The molecule has 1 aliphatic rings. The van der Waals surface area contributed by atoms with Gasteiger partial charge in [0.1, 0.15) is 11.6 Å². The second-order valence-electron chi connectivity index (χ2n) is 5.62. The Kier molecular flexibility index (Phi) is 4.01. The van der Waals surface area contributed by atoms with Crippen LogP contribution in [0.25, 0.3) is 11.4 Å². The Morgan fingerprint density at radius 1 is 1.24 bits per heavy atom. The number of fused-ring (bicyclic) bond motifs is 1. The highest BCUT2D eigenvalue weighted by atomic mass is 32.2. The van der Waals surface area contributed by atoms with E-state index in [-0.39, 0.29) is 23.4 Å². The number of nitrogens with zero attached hydrogens (tertiary/aromatic N) is 3. The third-order valence-corrected chi connectivity index (χ3v) is 5.19. The molecular weight excluding hydrogens is 341 g/mol. The molecule has 1 unspecified atom stereocenters. The standard InChI is InChI=1S/C18H14FN3O2S/c1-24-14-7-5-11(6-8-14)17-20-18-22(21-17)16(23)10-15(25-18)12-3-2-4-13(19)9-12/h2-9,15H,10H2,1H3. The van der Waals surface area contributed by atoms with Crippen LogP contribution in [0.5, 0.6) is 5.75 Å². The number of hydrogen-bond donors (Lipinski definition) is 0. The predicted octanol–water partition coefficient (Wildman–Crippen LogP) is 3.97. The van der Waals surface area contributed by atoms with E-state index in [1.807, 2.05) is 30.3 Å². The largest absolute Gasteiger partial charge is 0.497 e. The Bertz CT molecular complexity index is 940. The Morgan fingerprint density at radius 3 is 2.76 bits per heavy atom. The van der Waals surface area contributed by atoms with Crippen LogP contribution in [0.1, 0.15) is 22.0 Å². The van der Waals surface area contributed by atoms with Gasteiger partial charge in [-0.25, -0.2) is 9.37 Å². The minimum absolute atomic E-state index is 0.143. The van der Waals surface area contributed by atoms with Crippen LogP contribution in [-0.4, -0.2) is 27.8 Å². The van der Waals surface area contributed by atoms with E-state index in [0.717, 1.165) is 16.9 Å². The molecule has 0 aliphatic carbocycles. The first-order valence-corrected chi connectivity index (χ1v) is 8.59. The van der Waals surface area contributed by atoms with Gasteiger partial charge in [0.25, 0.3) is 5.91 Å². The first-order chi connectivity index (χ1) is 12.1. The lowest BCUT2D eigenvalue weighted by molar-refractivity contribution is 0.0868. The minimum Gasteiger partial charge on any atom is -0.497 e. The zero-order valence-electron chi connectivity index (χ0n) is 13.3. The summed E-state index contributed by atoms with van der Waals surface area (Å²) in [6.45, 7) is 0. The summed E-state index contributed by atoms with van der Waals surface area (Å²) >= 11 is 1.42. The van der Waals surface area contributed by atoms with Crippen molar-refractivity contribution in [2.45, 2.75) is 16.8 Å². The van der Waals surface area contributed by atoms with Gasteiger partial charge in [0.05, 0.1) is 7.11 Å². The molecule has 0 fully saturated rings. The quantitative estimate of drug-likeness (QED) is 0.711. The van der Waals surface area contributed by atoms with Gasteiger partial charge in [-0.15, -0.1) is 5.10 Å². The van der Waals surface area contributed by atoms with Gasteiger partial charge in [-0.1, -0.05) is 23.9 Å². The maximum atomic E-state index is 13.5. The third kappa shape index (κ3) is 3.02. The Morgan fingerprint density at radius 2 is 2.04 bits per heavy atom. The van der Waals surface area contributed by atoms with E-state index in [0.29, 0.717) is 11.0 Å². The van der Waals surface area contributed by atoms with Crippen molar-refractivity contribution in [3.63, 3.8) is 0 Å². The molecule has 1 atom stereocenters. The molecule has 7 heteroatoms. The molecule has 0 spiro atoms. The Balaban J connectivity index is 1.65. The molecule has 0 amide bonds. The number of thioether (sulfide) groups is 1. The summed E-state index contributed by atoms with van der Waals surface area (Å²) in [6.07, 6.45) is 0.256. The fraction of sp³-hybridized carbons (Fsp3) is 0.167. The fourth-order valence-corrected chi connectivity index (χ4v) is 3.85. The van der Waals surface area contributed by atoms with Crippen LogP contribution >= 0.6 is 11.8 Å². The van der Waals surface area contributed by atoms with Crippen molar-refractivity contribution < 1.29 is 13.9 Å². The zero-order valence-corrected chi connectivity index (χ0v) is 14.2. The molecule has 0 saturated carbocycles. The summed E-state index contributed by atoms with van der Waals surface area (Å²) < 4.78 is 19.9. The van der Waals surface area contributed by atoms with E-state index in [4.69, 9.17) is 4.74 Å². The van der Waals surface area contributed by atoms with Crippen LogP contribution < -0.4 is 4.74 Å². The van der Waals surface area contributed by atoms with Crippen molar-refractivity contribution in [1.82, 2.24) is 14.8 Å². The van der Waals surface area contributed by atoms with E-state index in [9.17, 15) is 9.18 Å². The van der Waals surface area contributed by atoms with E-state index < -0.39 is 0 Å². The van der Waals surface area contributed by atoms with Crippen molar-refractivity contribution in [2.24, 2.45) is 0 Å². The molecule has 2 heterocycles. The van der Waals surface area contributed by atoms with Crippen LogP contribution in [-0.2, 0) is 0 Å². The first-order valence-electron chi connectivity index (χ1n) is 7.71. The molecule has 0 radical (unpaired) electrons. The number of carbonyl (C=O) groups is 1. The minimum atomic E-state index is -0.309. The first kappa shape index (κ1) is 15.8. The predicted molar refractivity (Wildman–Crippen MR) is 92.3 cm³/mol. The van der Waals surface area contributed by atoms with Gasteiger partial charge in [0.2, 0.25) is 0 Å². The molecule has 4 rings (SSSR count). The van der Waals surface area contributed by atoms with Gasteiger partial charge in [0, 0.05) is 17.2 Å². The van der Waals surface area contributed by atoms with Crippen molar-refractivity contribution in [3.8, 4) is 17.1 Å². The number of benzene rings is 2. The lowest BCUT2D eigenvalue weighted by atomic mass is 10.1. The summed E-state index contributed by atoms with van der Waals surface area (Å²) in [5, 5.41) is 4.68. The normalized spacial score (nSPS) is 16.6. The van der Waals surface area contributed by atoms with Gasteiger partial charge in [0.15, 0.2) is 11.0 Å². The highest BCUT2D eigenvalue weighted by Crippen LogP contribution is 2.41. The number of rotatable bonds is 3. The van der Waals surface area contributed by atoms with Crippen molar-refractivity contribution >= 4 is 17.7 Å². The van der Waals surface area contributed by atoms with E-state index >= 15 is 0 Å². The Labute approximate surface area is 147 Å². The highest BCUT2D eigenvalue weighted by molar-refractivity contribution is 7.99. The highest BCUT2D eigenvalue weighted by Gasteiger charge is 2.30. The average molecular weight is 355 g/mol. The molecule has 0 saturated heterocycles. The molecule has 25 heavy (non-hydrogen) atoms. The van der Waals surface area contributed by atoms with Crippen molar-refractivity contribution in [2.75, 3.05) is 7.11 Å². The van der Waals surface area contributed by atoms with Crippen LogP contribution in [0.3, 0.4) is 0 Å². The van der Waals surface area contributed by atoms with Gasteiger partial charge >= 0.3 is 0 Å². The lowest BCUT2D eigenvalue weighted by Crippen LogP contribution is -2.21. The molecule has 3 aromatic rings. The SMILES string of the molecule is COc1ccc(-c2nc3n(n2)C(=O)CC(c2cccc(F)c2)S3)cc1. The zero-order chi connectivity index (χ0) is 17.4. The van der Waals surface area contributed by atoms with Gasteiger partial charge < -0.3 is 4.74 Å². The number of carbonyl (C=O) groups excluding carboxylic acids is 1. The van der Waals surface area contributed by atoms with Crippen LogP contribution in [0.15, 0.2) is 53.7 Å². The summed E-state index contributed by atoms with van der Waals surface area (Å²) in [4.78, 5) is 16.9. The maximum absolute atomic E-state index is 13.5. The molecule has 0 N–H and O–H groups in total. The van der Waals surface area contributed by atoms with E-state index in [1.165, 1.54) is 28.6 Å². The maximum Gasteiger partial charge on any atom is 0.250 e.